The van der Waals surface area contributed by atoms with Gasteiger partial charge >= 0.3 is 0 Å². The van der Waals surface area contributed by atoms with Crippen LogP contribution in [-0.4, -0.2) is 37.8 Å². The monoisotopic (exact) mass is 518 g/mol. The van der Waals surface area contributed by atoms with Gasteiger partial charge in [0.1, 0.15) is 35.5 Å². The van der Waals surface area contributed by atoms with Gasteiger partial charge in [-0.05, 0) is 53.6 Å². The van der Waals surface area contributed by atoms with Crippen molar-refractivity contribution >= 4 is 32.2 Å². The molecule has 0 aliphatic carbocycles. The lowest BCUT2D eigenvalue weighted by Crippen LogP contribution is -2.12. The Bertz CT molecular complexity index is 1580. The number of fused-ring (bicyclic) bond motifs is 1. The first kappa shape index (κ1) is 25.8. The van der Waals surface area contributed by atoms with E-state index in [1.807, 2.05) is 0 Å². The Kier molecular flexibility index (Phi) is 7.80. The number of hydrogen-bond acceptors (Lipinski definition) is 6. The number of sulfone groups is 1. The van der Waals surface area contributed by atoms with Gasteiger partial charge < -0.3 is 9.47 Å². The van der Waals surface area contributed by atoms with Crippen LogP contribution in [0.15, 0.2) is 72.9 Å². The second-order valence-electron chi connectivity index (χ2n) is 8.50. The smallest absolute Gasteiger partial charge is 0.229 e. The van der Waals surface area contributed by atoms with Gasteiger partial charge in [0, 0.05) is 30.7 Å². The molecule has 0 atom stereocenters. The van der Waals surface area contributed by atoms with Gasteiger partial charge in [-0.2, -0.15) is 0 Å². The highest BCUT2D eigenvalue weighted by Gasteiger charge is 2.13. The molecule has 0 saturated carbocycles. The van der Waals surface area contributed by atoms with E-state index in [1.165, 1.54) is 12.1 Å². The van der Waals surface area contributed by atoms with Gasteiger partial charge in [0.05, 0.1) is 17.8 Å². The van der Waals surface area contributed by atoms with E-state index in [2.05, 4.69) is 9.83 Å². The number of carbonyl (C=O) groups is 1. The van der Waals surface area contributed by atoms with Gasteiger partial charge in [-0.1, -0.05) is 24.3 Å². The highest BCUT2D eigenvalue weighted by molar-refractivity contribution is 7.90. The summed E-state index contributed by atoms with van der Waals surface area (Å²) in [4.78, 5) is 20.2. The van der Waals surface area contributed by atoms with Crippen molar-refractivity contribution in [1.82, 2.24) is 4.98 Å². The van der Waals surface area contributed by atoms with Crippen molar-refractivity contribution in [2.45, 2.75) is 12.8 Å². The molecular formula is C28H23FN2O5S. The summed E-state index contributed by atoms with van der Waals surface area (Å²) in [6.45, 7) is 7.42. The molecule has 1 heterocycles. The fourth-order valence-electron chi connectivity index (χ4n) is 3.65. The number of carbonyl (C=O) groups excluding carboxylic acids is 1. The number of rotatable bonds is 10. The average molecular weight is 519 g/mol. The standard InChI is InChI=1S/C28H23FN2O5S/c1-30-26-17-24-25(18-28(26)35-13-14-37(2,33)34)31-12-11-27(24)36-23-9-5-20(6-10-23)16-22(32)15-19-3-7-21(29)8-4-19/h3-12,17-18H,13-16H2,2H3. The van der Waals surface area contributed by atoms with Crippen LogP contribution in [0.2, 0.25) is 0 Å². The summed E-state index contributed by atoms with van der Waals surface area (Å²) in [6, 6.07) is 17.9. The quantitative estimate of drug-likeness (QED) is 0.258. The van der Waals surface area contributed by atoms with Crippen LogP contribution in [0.25, 0.3) is 15.7 Å². The molecule has 0 aliphatic rings. The Hall–Kier alpha value is -4.29. The third kappa shape index (κ3) is 7.12. The molecule has 0 spiro atoms. The number of ketones is 1. The normalized spacial score (nSPS) is 11.2. The zero-order valence-corrected chi connectivity index (χ0v) is 20.8. The summed E-state index contributed by atoms with van der Waals surface area (Å²) in [5.41, 5.74) is 2.33. The molecule has 0 amide bonds. The van der Waals surface area contributed by atoms with E-state index in [-0.39, 0.29) is 48.2 Å². The second-order valence-corrected chi connectivity index (χ2v) is 10.8. The Morgan fingerprint density at radius 2 is 1.62 bits per heavy atom. The van der Waals surface area contributed by atoms with Crippen LogP contribution >= 0.6 is 0 Å². The number of nitrogens with zero attached hydrogens (tertiary/aromatic N) is 2. The lowest BCUT2D eigenvalue weighted by atomic mass is 10.0. The molecule has 4 aromatic rings. The Labute approximate surface area is 214 Å². The number of benzene rings is 3. The van der Waals surface area contributed by atoms with E-state index in [4.69, 9.17) is 16.0 Å². The molecule has 0 fully saturated rings. The number of halogens is 1. The topological polar surface area (TPSA) is 86.9 Å². The van der Waals surface area contributed by atoms with E-state index in [0.29, 0.717) is 22.4 Å². The minimum atomic E-state index is -3.19. The van der Waals surface area contributed by atoms with E-state index >= 15 is 0 Å². The zero-order chi connectivity index (χ0) is 26.4. The summed E-state index contributed by atoms with van der Waals surface area (Å²) in [5.74, 6) is 0.801. The zero-order valence-electron chi connectivity index (χ0n) is 20.0. The highest BCUT2D eigenvalue weighted by Crippen LogP contribution is 2.37. The van der Waals surface area contributed by atoms with Crippen molar-refractivity contribution in [3.8, 4) is 17.2 Å². The first-order valence-corrected chi connectivity index (χ1v) is 13.4. The maximum Gasteiger partial charge on any atom is 0.229 e. The highest BCUT2D eigenvalue weighted by atomic mass is 32.2. The van der Waals surface area contributed by atoms with E-state index in [1.54, 1.807) is 60.8 Å². The predicted molar refractivity (Wildman–Crippen MR) is 139 cm³/mol. The molecule has 188 valence electrons. The van der Waals surface area contributed by atoms with Crippen LogP contribution < -0.4 is 9.47 Å². The van der Waals surface area contributed by atoms with Crippen molar-refractivity contribution in [1.29, 1.82) is 0 Å². The van der Waals surface area contributed by atoms with Gasteiger partial charge in [0.25, 0.3) is 0 Å². The van der Waals surface area contributed by atoms with Crippen molar-refractivity contribution in [3.05, 3.63) is 101 Å². The minimum absolute atomic E-state index is 0.0154. The first-order valence-electron chi connectivity index (χ1n) is 11.3. The van der Waals surface area contributed by atoms with E-state index < -0.39 is 9.84 Å². The average Bonchev–Trinajstić information content (AvgIpc) is 2.85. The number of pyridine rings is 1. The maximum atomic E-state index is 13.1. The molecule has 7 nitrogen and oxygen atoms in total. The Morgan fingerprint density at radius 1 is 0.973 bits per heavy atom. The lowest BCUT2D eigenvalue weighted by molar-refractivity contribution is -0.117. The molecule has 0 bridgehead atoms. The van der Waals surface area contributed by atoms with Crippen molar-refractivity contribution in [2.75, 3.05) is 18.6 Å². The predicted octanol–water partition coefficient (Wildman–Crippen LogP) is 5.49. The van der Waals surface area contributed by atoms with Gasteiger partial charge in [-0.25, -0.2) is 17.7 Å². The maximum absolute atomic E-state index is 13.1. The molecule has 37 heavy (non-hydrogen) atoms. The van der Waals surface area contributed by atoms with Gasteiger partial charge in [0.2, 0.25) is 5.69 Å². The summed E-state index contributed by atoms with van der Waals surface area (Å²) in [7, 11) is -3.19. The Balaban J connectivity index is 1.46. The van der Waals surface area contributed by atoms with Crippen LogP contribution in [-0.2, 0) is 27.5 Å². The van der Waals surface area contributed by atoms with Crippen LogP contribution in [0.1, 0.15) is 11.1 Å². The van der Waals surface area contributed by atoms with Crippen molar-refractivity contribution in [2.24, 2.45) is 0 Å². The molecule has 0 saturated heterocycles. The molecule has 4 rings (SSSR count). The van der Waals surface area contributed by atoms with Crippen LogP contribution in [0.3, 0.4) is 0 Å². The molecule has 0 N–H and O–H groups in total. The SMILES string of the molecule is [C-]#[N+]c1cc2c(Oc3ccc(CC(=O)Cc4ccc(F)cc4)cc3)ccnc2cc1OCCS(C)(=O)=O. The lowest BCUT2D eigenvalue weighted by Gasteiger charge is -2.12. The van der Waals surface area contributed by atoms with Crippen LogP contribution in [0.4, 0.5) is 10.1 Å². The molecule has 0 radical (unpaired) electrons. The van der Waals surface area contributed by atoms with E-state index in [9.17, 15) is 17.6 Å². The minimum Gasteiger partial charge on any atom is -0.503 e. The fourth-order valence-corrected chi connectivity index (χ4v) is 4.04. The van der Waals surface area contributed by atoms with Crippen molar-refractivity contribution < 1.29 is 27.1 Å². The van der Waals surface area contributed by atoms with Gasteiger partial charge in [0.15, 0.2) is 9.84 Å². The van der Waals surface area contributed by atoms with Crippen LogP contribution in [0, 0.1) is 12.4 Å². The first-order chi connectivity index (χ1) is 17.7. The number of Topliss-reactive ketones (excluding diaryl/α,β-unsaturated/α-hetero) is 1. The summed E-state index contributed by atoms with van der Waals surface area (Å²) < 4.78 is 47.4. The number of hydrogen-bond donors (Lipinski definition) is 0. The molecular weight excluding hydrogens is 495 g/mol. The molecule has 1 aromatic heterocycles. The van der Waals surface area contributed by atoms with Gasteiger partial charge in [-0.3, -0.25) is 9.78 Å². The van der Waals surface area contributed by atoms with Crippen molar-refractivity contribution in [3.63, 3.8) is 0 Å². The third-order valence-corrected chi connectivity index (χ3v) is 6.39. The number of ether oxygens (including phenoxy) is 2. The summed E-state index contributed by atoms with van der Waals surface area (Å²) in [6.07, 6.45) is 3.16. The molecule has 3 aromatic carbocycles. The second kappa shape index (κ2) is 11.2. The third-order valence-electron chi connectivity index (χ3n) is 5.48. The molecule has 0 aliphatic heterocycles. The summed E-state index contributed by atoms with van der Waals surface area (Å²) in [5, 5.41) is 0.600. The van der Waals surface area contributed by atoms with Gasteiger partial charge in [-0.15, -0.1) is 0 Å². The Morgan fingerprint density at radius 3 is 2.24 bits per heavy atom. The van der Waals surface area contributed by atoms with Crippen LogP contribution in [0.5, 0.6) is 17.2 Å². The number of aromatic nitrogens is 1. The summed E-state index contributed by atoms with van der Waals surface area (Å²) >= 11 is 0. The molecule has 0 unspecified atom stereocenters. The largest absolute Gasteiger partial charge is 0.503 e. The molecule has 9 heteroatoms. The van der Waals surface area contributed by atoms with E-state index in [0.717, 1.165) is 17.4 Å². The fraction of sp³-hybridized carbons (Fsp3) is 0.179.